The summed E-state index contributed by atoms with van der Waals surface area (Å²) in [6, 6.07) is 36.5. The Labute approximate surface area is 187 Å². The maximum atomic E-state index is 2.30. The van der Waals surface area contributed by atoms with Crippen molar-refractivity contribution in [2.24, 2.45) is 0 Å². The van der Waals surface area contributed by atoms with Crippen molar-refractivity contribution >= 4 is 28.4 Å². The second kappa shape index (κ2) is 10.5. The molecule has 2 heteroatoms. The van der Waals surface area contributed by atoms with Crippen molar-refractivity contribution in [3.05, 3.63) is 114 Å². The molecule has 0 spiro atoms. The van der Waals surface area contributed by atoms with E-state index in [4.69, 9.17) is 0 Å². The summed E-state index contributed by atoms with van der Waals surface area (Å²) in [5, 5.41) is 0. The highest BCUT2D eigenvalue weighted by Crippen LogP contribution is 2.36. The first kappa shape index (κ1) is 22.2. The van der Waals surface area contributed by atoms with E-state index in [1.54, 1.807) is 0 Å². The Morgan fingerprint density at radius 3 is 1.16 bits per heavy atom. The molecule has 0 aliphatic rings. The topological polar surface area (TPSA) is 6.48 Å². The summed E-state index contributed by atoms with van der Waals surface area (Å²) in [5.74, 6) is 0. The van der Waals surface area contributed by atoms with Crippen LogP contribution in [0.5, 0.6) is 0 Å². The second-order valence-corrected chi connectivity index (χ2v) is 7.42. The smallest absolute Gasteiger partial charge is 0.0463 e. The fourth-order valence-corrected chi connectivity index (χ4v) is 3.46. The molecule has 0 amide bonds. The standard InChI is InChI=1S/C27H26N2.C2H6/c1-21-9-13-25(14-10-21)29(26-15-11-22(2)12-16-26)27-19-17-24(18-20-27)28(3)23-7-5-4-6-8-23;1-2/h4-20H,1-3H3;1-2H3. The van der Waals surface area contributed by atoms with E-state index < -0.39 is 0 Å². The van der Waals surface area contributed by atoms with Gasteiger partial charge in [-0.25, -0.2) is 0 Å². The molecule has 0 saturated heterocycles. The molecule has 4 aromatic carbocycles. The van der Waals surface area contributed by atoms with Gasteiger partial charge in [0.1, 0.15) is 0 Å². The molecular weight excluding hydrogens is 376 g/mol. The third kappa shape index (κ3) is 5.35. The molecule has 0 aliphatic carbocycles. The van der Waals surface area contributed by atoms with E-state index >= 15 is 0 Å². The second-order valence-electron chi connectivity index (χ2n) is 7.42. The predicted octanol–water partition coefficient (Wildman–Crippen LogP) is 8.57. The summed E-state index contributed by atoms with van der Waals surface area (Å²) in [6.45, 7) is 8.24. The molecule has 4 aromatic rings. The van der Waals surface area contributed by atoms with Crippen molar-refractivity contribution in [2.45, 2.75) is 27.7 Å². The van der Waals surface area contributed by atoms with Gasteiger partial charge in [0.2, 0.25) is 0 Å². The summed E-state index contributed by atoms with van der Waals surface area (Å²) in [4.78, 5) is 4.50. The van der Waals surface area contributed by atoms with E-state index in [0.717, 1.165) is 22.7 Å². The molecule has 0 N–H and O–H groups in total. The predicted molar refractivity (Wildman–Crippen MR) is 136 cm³/mol. The minimum atomic E-state index is 1.14. The Hall–Kier alpha value is -3.52. The molecule has 0 atom stereocenters. The van der Waals surface area contributed by atoms with Gasteiger partial charge in [-0.15, -0.1) is 0 Å². The van der Waals surface area contributed by atoms with Gasteiger partial charge < -0.3 is 9.80 Å². The van der Waals surface area contributed by atoms with Gasteiger partial charge in [-0.05, 0) is 74.5 Å². The molecule has 0 unspecified atom stereocenters. The number of aryl methyl sites for hydroxylation is 2. The average Bonchev–Trinajstić information content (AvgIpc) is 2.83. The number of benzene rings is 4. The van der Waals surface area contributed by atoms with Gasteiger partial charge in [0.25, 0.3) is 0 Å². The van der Waals surface area contributed by atoms with Crippen LogP contribution in [-0.4, -0.2) is 7.05 Å². The molecule has 0 radical (unpaired) electrons. The Bertz CT molecular complexity index is 1010. The first-order valence-corrected chi connectivity index (χ1v) is 10.9. The molecule has 0 saturated carbocycles. The summed E-state index contributed by atoms with van der Waals surface area (Å²) >= 11 is 0. The van der Waals surface area contributed by atoms with Gasteiger partial charge in [0.05, 0.1) is 0 Å². The highest BCUT2D eigenvalue weighted by atomic mass is 15.1. The quantitative estimate of drug-likeness (QED) is 0.326. The lowest BCUT2D eigenvalue weighted by Gasteiger charge is -2.27. The fourth-order valence-electron chi connectivity index (χ4n) is 3.46. The summed E-state index contributed by atoms with van der Waals surface area (Å²) in [7, 11) is 2.10. The SMILES string of the molecule is CC.Cc1ccc(N(c2ccc(C)cc2)c2ccc(N(C)c3ccccc3)cc2)cc1. The van der Waals surface area contributed by atoms with Crippen LogP contribution in [-0.2, 0) is 0 Å². The Balaban J connectivity index is 0.00000132. The molecule has 2 nitrogen and oxygen atoms in total. The number of hydrogen-bond donors (Lipinski definition) is 0. The van der Waals surface area contributed by atoms with Crippen molar-refractivity contribution in [2.75, 3.05) is 16.8 Å². The molecule has 0 bridgehead atoms. The molecule has 0 fully saturated rings. The van der Waals surface area contributed by atoms with Gasteiger partial charge in [-0.3, -0.25) is 0 Å². The lowest BCUT2D eigenvalue weighted by atomic mass is 10.1. The average molecular weight is 409 g/mol. The van der Waals surface area contributed by atoms with Gasteiger partial charge in [-0.2, -0.15) is 0 Å². The fraction of sp³-hybridized carbons (Fsp3) is 0.172. The molecule has 0 aromatic heterocycles. The number of nitrogens with zero attached hydrogens (tertiary/aromatic N) is 2. The Morgan fingerprint density at radius 1 is 0.419 bits per heavy atom. The Morgan fingerprint density at radius 2 is 0.742 bits per heavy atom. The van der Waals surface area contributed by atoms with Crippen LogP contribution in [0.1, 0.15) is 25.0 Å². The number of rotatable bonds is 5. The number of anilines is 5. The van der Waals surface area contributed by atoms with E-state index in [0.29, 0.717) is 0 Å². The lowest BCUT2D eigenvalue weighted by Crippen LogP contribution is -2.11. The van der Waals surface area contributed by atoms with E-state index in [-0.39, 0.29) is 0 Å². The van der Waals surface area contributed by atoms with Crippen LogP contribution in [0.25, 0.3) is 0 Å². The minimum absolute atomic E-state index is 1.14. The third-order valence-corrected chi connectivity index (χ3v) is 5.22. The Kier molecular flexibility index (Phi) is 7.50. The zero-order chi connectivity index (χ0) is 22.2. The number of hydrogen-bond acceptors (Lipinski definition) is 2. The number of para-hydroxylation sites is 1. The molecule has 0 aliphatic heterocycles. The highest BCUT2D eigenvalue weighted by molar-refractivity contribution is 5.78. The van der Waals surface area contributed by atoms with Crippen LogP contribution < -0.4 is 9.80 Å². The van der Waals surface area contributed by atoms with E-state index in [1.165, 1.54) is 16.8 Å². The van der Waals surface area contributed by atoms with E-state index in [1.807, 2.05) is 19.9 Å². The maximum absolute atomic E-state index is 2.30. The lowest BCUT2D eigenvalue weighted by molar-refractivity contribution is 1.20. The highest BCUT2D eigenvalue weighted by Gasteiger charge is 2.13. The van der Waals surface area contributed by atoms with E-state index in [9.17, 15) is 0 Å². The van der Waals surface area contributed by atoms with E-state index in [2.05, 4.69) is 128 Å². The van der Waals surface area contributed by atoms with Gasteiger partial charge in [0.15, 0.2) is 0 Å². The zero-order valence-corrected chi connectivity index (χ0v) is 19.2. The summed E-state index contributed by atoms with van der Waals surface area (Å²) in [5.41, 5.74) is 8.31. The maximum Gasteiger partial charge on any atom is 0.0463 e. The molecule has 0 heterocycles. The summed E-state index contributed by atoms with van der Waals surface area (Å²) in [6.07, 6.45) is 0. The molecule has 4 rings (SSSR count). The van der Waals surface area contributed by atoms with Crippen LogP contribution in [0.2, 0.25) is 0 Å². The first-order chi connectivity index (χ1) is 15.1. The van der Waals surface area contributed by atoms with Crippen molar-refractivity contribution < 1.29 is 0 Å². The molecule has 31 heavy (non-hydrogen) atoms. The van der Waals surface area contributed by atoms with Crippen LogP contribution in [0.4, 0.5) is 28.4 Å². The van der Waals surface area contributed by atoms with Gasteiger partial charge in [-0.1, -0.05) is 67.4 Å². The largest absolute Gasteiger partial charge is 0.345 e. The van der Waals surface area contributed by atoms with Crippen LogP contribution in [0.15, 0.2) is 103 Å². The normalized spacial score (nSPS) is 10.1. The van der Waals surface area contributed by atoms with Gasteiger partial charge in [0, 0.05) is 35.5 Å². The van der Waals surface area contributed by atoms with Crippen LogP contribution in [0, 0.1) is 13.8 Å². The molecule has 158 valence electrons. The van der Waals surface area contributed by atoms with Crippen molar-refractivity contribution in [1.82, 2.24) is 0 Å². The van der Waals surface area contributed by atoms with Crippen molar-refractivity contribution in [3.63, 3.8) is 0 Å². The van der Waals surface area contributed by atoms with Crippen LogP contribution in [0.3, 0.4) is 0 Å². The summed E-state index contributed by atoms with van der Waals surface area (Å²) < 4.78 is 0. The van der Waals surface area contributed by atoms with Crippen molar-refractivity contribution in [1.29, 1.82) is 0 Å². The van der Waals surface area contributed by atoms with Gasteiger partial charge >= 0.3 is 0 Å². The van der Waals surface area contributed by atoms with Crippen LogP contribution >= 0.6 is 0 Å². The zero-order valence-electron chi connectivity index (χ0n) is 19.2. The van der Waals surface area contributed by atoms with Crippen molar-refractivity contribution in [3.8, 4) is 0 Å². The monoisotopic (exact) mass is 408 g/mol. The first-order valence-electron chi connectivity index (χ1n) is 10.9. The third-order valence-electron chi connectivity index (χ3n) is 5.22. The minimum Gasteiger partial charge on any atom is -0.345 e. The molecular formula is C29H32N2.